The molecular formula is C25H27NO3S. The number of rotatable bonds is 9. The van der Waals surface area contributed by atoms with Crippen LogP contribution in [0.2, 0.25) is 0 Å². The minimum atomic E-state index is -0.114. The maximum absolute atomic E-state index is 12.5. The molecule has 1 N–H and O–H groups in total. The maximum Gasteiger partial charge on any atom is 0.251 e. The van der Waals surface area contributed by atoms with Gasteiger partial charge in [-0.25, -0.2) is 0 Å². The molecule has 4 nitrogen and oxygen atoms in total. The number of hydrogen-bond donors (Lipinski definition) is 1. The first-order valence-electron chi connectivity index (χ1n) is 9.89. The number of carbonyl (C=O) groups is 1. The first-order valence-corrected chi connectivity index (χ1v) is 10.9. The number of nitrogens with one attached hydrogen (secondary N) is 1. The third kappa shape index (κ3) is 6.56. The van der Waals surface area contributed by atoms with E-state index in [2.05, 4.69) is 36.5 Å². The lowest BCUT2D eigenvalue weighted by Gasteiger charge is -2.15. The number of amides is 1. The molecule has 0 heterocycles. The number of ether oxygens (including phenoxy) is 2. The molecule has 5 heteroatoms. The summed E-state index contributed by atoms with van der Waals surface area (Å²) >= 11 is 1.79. The van der Waals surface area contributed by atoms with Gasteiger partial charge >= 0.3 is 0 Å². The van der Waals surface area contributed by atoms with Gasteiger partial charge in [0.25, 0.3) is 5.91 Å². The number of hydrogen-bond acceptors (Lipinski definition) is 4. The molecule has 1 atom stereocenters. The molecule has 0 fully saturated rings. The fourth-order valence-electron chi connectivity index (χ4n) is 2.80. The van der Waals surface area contributed by atoms with Crippen molar-refractivity contribution in [3.05, 3.63) is 89.5 Å². The van der Waals surface area contributed by atoms with Crippen molar-refractivity contribution in [1.29, 1.82) is 0 Å². The SMILES string of the molecule is COc1ccc(OC[C@@H](C)NC(=O)c2ccc(CSc3ccc(C)cc3)cc2)cc1. The van der Waals surface area contributed by atoms with Gasteiger partial charge in [0.1, 0.15) is 18.1 Å². The second-order valence-electron chi connectivity index (χ2n) is 7.16. The number of aryl methyl sites for hydroxylation is 1. The largest absolute Gasteiger partial charge is 0.497 e. The minimum Gasteiger partial charge on any atom is -0.497 e. The van der Waals surface area contributed by atoms with E-state index in [0.717, 1.165) is 17.3 Å². The Labute approximate surface area is 182 Å². The molecule has 0 saturated carbocycles. The van der Waals surface area contributed by atoms with Crippen LogP contribution < -0.4 is 14.8 Å². The highest BCUT2D eigenvalue weighted by atomic mass is 32.2. The topological polar surface area (TPSA) is 47.6 Å². The molecule has 1 amide bonds. The van der Waals surface area contributed by atoms with E-state index < -0.39 is 0 Å². The van der Waals surface area contributed by atoms with Crippen LogP contribution in [0.3, 0.4) is 0 Å². The normalized spacial score (nSPS) is 11.6. The van der Waals surface area contributed by atoms with E-state index in [0.29, 0.717) is 12.2 Å². The van der Waals surface area contributed by atoms with Gasteiger partial charge in [0.15, 0.2) is 0 Å². The highest BCUT2D eigenvalue weighted by molar-refractivity contribution is 7.98. The van der Waals surface area contributed by atoms with E-state index in [4.69, 9.17) is 9.47 Å². The fourth-order valence-corrected chi connectivity index (χ4v) is 3.65. The number of thioether (sulfide) groups is 1. The van der Waals surface area contributed by atoms with Crippen LogP contribution >= 0.6 is 11.8 Å². The molecule has 0 aromatic heterocycles. The quantitative estimate of drug-likeness (QED) is 0.464. The second-order valence-corrected chi connectivity index (χ2v) is 8.21. The van der Waals surface area contributed by atoms with Gasteiger partial charge in [-0.15, -0.1) is 11.8 Å². The van der Waals surface area contributed by atoms with E-state index in [1.54, 1.807) is 18.9 Å². The predicted octanol–water partition coefficient (Wildman–Crippen LogP) is 5.49. The van der Waals surface area contributed by atoms with E-state index in [1.807, 2.05) is 55.5 Å². The Morgan fingerprint density at radius 1 is 0.933 bits per heavy atom. The lowest BCUT2D eigenvalue weighted by Crippen LogP contribution is -2.36. The van der Waals surface area contributed by atoms with Crippen LogP contribution in [0, 0.1) is 6.92 Å². The van der Waals surface area contributed by atoms with Crippen molar-refractivity contribution < 1.29 is 14.3 Å². The van der Waals surface area contributed by atoms with Crippen molar-refractivity contribution in [3.8, 4) is 11.5 Å². The van der Waals surface area contributed by atoms with Gasteiger partial charge in [0.2, 0.25) is 0 Å². The van der Waals surface area contributed by atoms with Crippen LogP contribution in [-0.2, 0) is 5.75 Å². The van der Waals surface area contributed by atoms with E-state index in [9.17, 15) is 4.79 Å². The smallest absolute Gasteiger partial charge is 0.251 e. The highest BCUT2D eigenvalue weighted by Crippen LogP contribution is 2.23. The average molecular weight is 422 g/mol. The Balaban J connectivity index is 1.45. The molecule has 0 spiro atoms. The van der Waals surface area contributed by atoms with Crippen LogP contribution in [-0.4, -0.2) is 25.7 Å². The van der Waals surface area contributed by atoms with Gasteiger partial charge in [-0.3, -0.25) is 4.79 Å². The van der Waals surface area contributed by atoms with E-state index >= 15 is 0 Å². The summed E-state index contributed by atoms with van der Waals surface area (Å²) in [5.74, 6) is 2.30. The predicted molar refractivity (Wildman–Crippen MR) is 123 cm³/mol. The molecule has 30 heavy (non-hydrogen) atoms. The summed E-state index contributed by atoms with van der Waals surface area (Å²) in [6.07, 6.45) is 0. The molecule has 0 aliphatic carbocycles. The zero-order valence-electron chi connectivity index (χ0n) is 17.6. The third-order valence-corrected chi connectivity index (χ3v) is 5.66. The standard InChI is InChI=1S/C25H27NO3S/c1-18-4-14-24(15-5-18)30-17-20-6-8-21(9-7-20)25(27)26-19(2)16-29-23-12-10-22(28-3)11-13-23/h4-15,19H,16-17H2,1-3H3,(H,26,27)/t19-/m1/s1. The van der Waals surface area contributed by atoms with Crippen molar-refractivity contribution in [2.45, 2.75) is 30.5 Å². The summed E-state index contributed by atoms with van der Waals surface area (Å²) in [5.41, 5.74) is 3.10. The Morgan fingerprint density at radius 2 is 1.57 bits per heavy atom. The van der Waals surface area contributed by atoms with Crippen molar-refractivity contribution in [2.24, 2.45) is 0 Å². The minimum absolute atomic E-state index is 0.0985. The average Bonchev–Trinajstić information content (AvgIpc) is 2.78. The molecule has 0 unspecified atom stereocenters. The molecular weight excluding hydrogens is 394 g/mol. The van der Waals surface area contributed by atoms with Gasteiger partial charge < -0.3 is 14.8 Å². The molecule has 0 bridgehead atoms. The summed E-state index contributed by atoms with van der Waals surface area (Å²) in [7, 11) is 1.63. The van der Waals surface area contributed by atoms with Crippen molar-refractivity contribution in [3.63, 3.8) is 0 Å². The monoisotopic (exact) mass is 421 g/mol. The zero-order chi connectivity index (χ0) is 21.3. The highest BCUT2D eigenvalue weighted by Gasteiger charge is 2.11. The lowest BCUT2D eigenvalue weighted by atomic mass is 10.1. The van der Waals surface area contributed by atoms with Crippen LogP contribution in [0.1, 0.15) is 28.4 Å². The Hall–Kier alpha value is -2.92. The number of carbonyl (C=O) groups excluding carboxylic acids is 1. The van der Waals surface area contributed by atoms with Crippen molar-refractivity contribution in [2.75, 3.05) is 13.7 Å². The van der Waals surface area contributed by atoms with Gasteiger partial charge in [-0.2, -0.15) is 0 Å². The molecule has 3 aromatic rings. The zero-order valence-corrected chi connectivity index (χ0v) is 18.4. The lowest BCUT2D eigenvalue weighted by molar-refractivity contribution is 0.0926. The molecule has 0 radical (unpaired) electrons. The van der Waals surface area contributed by atoms with Crippen LogP contribution in [0.25, 0.3) is 0 Å². The Morgan fingerprint density at radius 3 is 2.20 bits per heavy atom. The van der Waals surface area contributed by atoms with Gasteiger partial charge in [0, 0.05) is 16.2 Å². The summed E-state index contributed by atoms with van der Waals surface area (Å²) in [4.78, 5) is 13.7. The molecule has 0 aliphatic heterocycles. The summed E-state index contributed by atoms with van der Waals surface area (Å²) in [5, 5.41) is 2.98. The van der Waals surface area contributed by atoms with E-state index in [-0.39, 0.29) is 11.9 Å². The molecule has 3 rings (SSSR count). The fraction of sp³-hybridized carbons (Fsp3) is 0.240. The first kappa shape index (κ1) is 21.8. The van der Waals surface area contributed by atoms with E-state index in [1.165, 1.54) is 16.0 Å². The first-order chi connectivity index (χ1) is 14.5. The maximum atomic E-state index is 12.5. The molecule has 3 aromatic carbocycles. The molecule has 0 saturated heterocycles. The van der Waals surface area contributed by atoms with Crippen LogP contribution in [0.4, 0.5) is 0 Å². The third-order valence-electron chi connectivity index (χ3n) is 4.58. The van der Waals surface area contributed by atoms with Gasteiger partial charge in [-0.05, 0) is 67.9 Å². The molecule has 156 valence electrons. The summed E-state index contributed by atoms with van der Waals surface area (Å²) in [6.45, 7) is 4.40. The Bertz CT molecular complexity index is 938. The van der Waals surface area contributed by atoms with Gasteiger partial charge in [0.05, 0.1) is 13.2 Å². The van der Waals surface area contributed by atoms with Crippen LogP contribution in [0.15, 0.2) is 77.7 Å². The van der Waals surface area contributed by atoms with Crippen molar-refractivity contribution >= 4 is 17.7 Å². The number of benzene rings is 3. The summed E-state index contributed by atoms with van der Waals surface area (Å²) < 4.78 is 10.9. The number of methoxy groups -OCH3 is 1. The second kappa shape index (κ2) is 10.7. The van der Waals surface area contributed by atoms with Gasteiger partial charge in [-0.1, -0.05) is 29.8 Å². The molecule has 0 aliphatic rings. The van der Waals surface area contributed by atoms with Crippen LogP contribution in [0.5, 0.6) is 11.5 Å². The summed E-state index contributed by atoms with van der Waals surface area (Å²) in [6, 6.07) is 23.5. The Kier molecular flexibility index (Phi) is 7.80. The van der Waals surface area contributed by atoms with Crippen molar-refractivity contribution in [1.82, 2.24) is 5.32 Å².